The van der Waals surface area contributed by atoms with Crippen molar-refractivity contribution in [2.24, 2.45) is 0 Å². The summed E-state index contributed by atoms with van der Waals surface area (Å²) in [7, 11) is -1.75. The van der Waals surface area contributed by atoms with Gasteiger partial charge in [-0.25, -0.2) is 0 Å². The predicted molar refractivity (Wildman–Crippen MR) is 237 cm³/mol. The molecule has 7 aromatic rings. The molecule has 0 saturated heterocycles. The number of alkyl halides is 3. The summed E-state index contributed by atoms with van der Waals surface area (Å²) < 4.78 is 43.4. The van der Waals surface area contributed by atoms with Crippen LogP contribution in [-0.2, 0) is 25.2 Å². The van der Waals surface area contributed by atoms with Crippen LogP contribution >= 0.6 is 15.8 Å². The van der Waals surface area contributed by atoms with Crippen molar-refractivity contribution in [1.82, 2.24) is 0 Å². The fourth-order valence-corrected chi connectivity index (χ4v) is 11.1. The number of ether oxygens (including phenoxy) is 1. The molecule has 0 aliphatic rings. The molecule has 0 aromatic heterocycles. The molecular weight excluding hydrogens is 860 g/mol. The minimum atomic E-state index is -4.67. The van der Waals surface area contributed by atoms with Crippen LogP contribution in [0.5, 0.6) is 0 Å². The van der Waals surface area contributed by atoms with E-state index in [2.05, 4.69) is 193 Å². The Morgan fingerprint density at radius 2 is 0.776 bits per heavy atom. The molecule has 0 spiro atoms. The Labute approximate surface area is 356 Å². The Morgan fingerprint density at radius 1 is 0.500 bits per heavy atom. The van der Waals surface area contributed by atoms with Gasteiger partial charge < -0.3 is 10.1 Å². The van der Waals surface area contributed by atoms with Crippen LogP contribution in [-0.4, -0.2) is 17.9 Å². The minimum absolute atomic E-state index is 0. The van der Waals surface area contributed by atoms with Crippen LogP contribution in [0.3, 0.4) is 0 Å². The number of halogens is 3. The second-order valence-corrected chi connectivity index (χ2v) is 18.8. The van der Waals surface area contributed by atoms with Crippen LogP contribution in [0.15, 0.2) is 206 Å². The predicted octanol–water partition coefficient (Wildman–Crippen LogP) is 10.8. The zero-order valence-electron chi connectivity index (χ0n) is 32.4. The number of amides is 1. The van der Waals surface area contributed by atoms with Gasteiger partial charge in [-0.3, -0.25) is 4.79 Å². The average molecular weight is 906 g/mol. The maximum atomic E-state index is 12.9. The quantitative estimate of drug-likeness (QED) is 0.0866. The van der Waals surface area contributed by atoms with Crippen molar-refractivity contribution < 1.29 is 43.1 Å². The Balaban J connectivity index is 0.000000191. The number of hydrogen-bond acceptors (Lipinski definition) is 2. The average Bonchev–Trinajstić information content (AvgIpc) is 3.22. The first-order valence-electron chi connectivity index (χ1n) is 18.5. The van der Waals surface area contributed by atoms with E-state index in [1.54, 1.807) is 20.8 Å². The molecule has 0 bridgehead atoms. The van der Waals surface area contributed by atoms with Gasteiger partial charge in [-0.2, -0.15) is 49.1 Å². The monoisotopic (exact) mass is 905 g/mol. The summed E-state index contributed by atoms with van der Waals surface area (Å²) in [5, 5.41) is 11.7. The first-order chi connectivity index (χ1) is 27.5. The zero-order valence-corrected chi connectivity index (χ0v) is 36.0. The van der Waals surface area contributed by atoms with E-state index in [0.29, 0.717) is 0 Å². The maximum Gasteiger partial charge on any atom is 2.00 e. The van der Waals surface area contributed by atoms with Crippen LogP contribution in [0.2, 0.25) is 0 Å². The first kappa shape index (κ1) is 45.8. The Bertz CT molecular complexity index is 1870. The second-order valence-electron chi connectivity index (χ2n) is 13.8. The van der Waals surface area contributed by atoms with Crippen molar-refractivity contribution >= 4 is 53.8 Å². The third-order valence-electron chi connectivity index (χ3n) is 8.34. The molecule has 3 nitrogen and oxygen atoms in total. The van der Waals surface area contributed by atoms with Crippen LogP contribution in [0.4, 0.5) is 18.0 Å². The van der Waals surface area contributed by atoms with Gasteiger partial charge in [0, 0.05) is 0 Å². The molecule has 0 fully saturated rings. The molecule has 0 aliphatic carbocycles. The Kier molecular flexibility index (Phi) is 18.1. The largest absolute Gasteiger partial charge is 2.00 e. The van der Waals surface area contributed by atoms with Gasteiger partial charge in [0.1, 0.15) is 37.4 Å². The van der Waals surface area contributed by atoms with Crippen LogP contribution in [0.25, 0.3) is 5.32 Å². The number of carbonyl (C=O) groups excluding carboxylic acids is 1. The van der Waals surface area contributed by atoms with E-state index in [0.717, 1.165) is 0 Å². The topological polar surface area (TPSA) is 40.4 Å². The normalized spacial score (nSPS) is 11.4. The molecule has 0 aliphatic heterocycles. The molecule has 298 valence electrons. The third-order valence-corrected chi connectivity index (χ3v) is 13.8. The van der Waals surface area contributed by atoms with Crippen LogP contribution < -0.4 is 31.8 Å². The van der Waals surface area contributed by atoms with Gasteiger partial charge in [-0.15, -0.1) is 0 Å². The van der Waals surface area contributed by atoms with Crippen molar-refractivity contribution in [1.29, 1.82) is 0 Å². The summed E-state index contributed by atoms with van der Waals surface area (Å²) >= 11 is 0. The van der Waals surface area contributed by atoms with E-state index in [4.69, 9.17) is 4.74 Å². The molecule has 1 atom stereocenters. The van der Waals surface area contributed by atoms with Crippen molar-refractivity contribution in [3.8, 4) is 0 Å². The van der Waals surface area contributed by atoms with Crippen molar-refractivity contribution in [2.45, 2.75) is 38.6 Å². The summed E-state index contributed by atoms with van der Waals surface area (Å²) in [5.41, 5.74) is -1.11. The molecule has 9 heteroatoms. The molecule has 7 rings (SSSR count). The standard InChI is InChI=1S/2C18H15P.C13H15F3NO2.Pd/c2*1-4-10-16(11-5-1)19(17-12-6-2-7-13-17)18-14-8-3-9-15-18;1-12(2,3)19-11(18)17-10(13(14,15)16)9-7-5-4-6-8-9;/h2*1-15H;4-7,10H,1-3H3,(H,17,18);/q;;-1;+2/p+1/t;;10-;/m..0./s1. The Hall–Kier alpha value is -4.88. The van der Waals surface area contributed by atoms with E-state index in [1.165, 1.54) is 56.1 Å². The summed E-state index contributed by atoms with van der Waals surface area (Å²) in [6.07, 6.45) is -5.92. The molecule has 58 heavy (non-hydrogen) atoms. The fourth-order valence-electron chi connectivity index (χ4n) is 5.92. The van der Waals surface area contributed by atoms with Crippen molar-refractivity contribution in [2.75, 3.05) is 0 Å². The van der Waals surface area contributed by atoms with E-state index in [-0.39, 0.29) is 26.0 Å². The van der Waals surface area contributed by atoms with Crippen molar-refractivity contribution in [3.05, 3.63) is 223 Å². The van der Waals surface area contributed by atoms with Gasteiger partial charge >= 0.3 is 26.6 Å². The van der Waals surface area contributed by atoms with Gasteiger partial charge in [0.15, 0.2) is 0 Å². The van der Waals surface area contributed by atoms with Crippen LogP contribution in [0, 0.1) is 6.07 Å². The molecule has 0 N–H and O–H groups in total. The number of hydrogen-bond donors (Lipinski definition) is 0. The fraction of sp³-hybridized carbons (Fsp3) is 0.122. The van der Waals surface area contributed by atoms with E-state index in [9.17, 15) is 18.0 Å². The molecule has 0 unspecified atom stereocenters. The summed E-state index contributed by atoms with van der Waals surface area (Å²) in [6.45, 7) is 4.66. The molecule has 1 amide bonds. The van der Waals surface area contributed by atoms with Crippen molar-refractivity contribution in [3.63, 3.8) is 0 Å². The van der Waals surface area contributed by atoms with Gasteiger partial charge in [-0.1, -0.05) is 109 Å². The smallest absolute Gasteiger partial charge is 0.606 e. The zero-order chi connectivity index (χ0) is 40.5. The van der Waals surface area contributed by atoms with Gasteiger partial charge in [0.2, 0.25) is 6.09 Å². The number of benzene rings is 7. The Morgan fingerprint density at radius 3 is 1.00 bits per heavy atom. The summed E-state index contributed by atoms with van der Waals surface area (Å²) in [5.74, 6) is 0. The maximum absolute atomic E-state index is 12.9. The molecule has 0 radical (unpaired) electrons. The first-order valence-corrected chi connectivity index (χ1v) is 21.5. The molecular formula is C49H46F3NO2P2Pd+2. The molecule has 7 aromatic carbocycles. The van der Waals surface area contributed by atoms with E-state index < -0.39 is 39.8 Å². The van der Waals surface area contributed by atoms with Crippen LogP contribution in [0.1, 0.15) is 32.4 Å². The third kappa shape index (κ3) is 14.5. The van der Waals surface area contributed by atoms with E-state index in [1.807, 2.05) is 0 Å². The van der Waals surface area contributed by atoms with Gasteiger partial charge in [-0.05, 0) is 99.6 Å². The summed E-state index contributed by atoms with van der Waals surface area (Å²) in [6, 6.07) is 70.7. The number of carbonyl (C=O) groups is 1. The number of nitrogens with zero attached hydrogens (tertiary/aromatic N) is 1. The van der Waals surface area contributed by atoms with Gasteiger partial charge in [0.25, 0.3) is 0 Å². The molecule has 0 heterocycles. The van der Waals surface area contributed by atoms with Gasteiger partial charge in [0.05, 0.1) is 15.8 Å². The number of rotatable bonds is 8. The second kappa shape index (κ2) is 22.9. The molecule has 0 saturated carbocycles. The SMILES string of the molecule is CC(C)(C)OC(=O)[N-][C@@H](c1[c-]cccc1)C(F)(F)F.[Pd+2].c1ccc([PH+](c2ccccc2)c2ccccc2)cc1.c1ccc([PH+](c2ccccc2)c2ccccc2)cc1. The minimum Gasteiger partial charge on any atom is -0.606 e. The summed E-state index contributed by atoms with van der Waals surface area (Å²) in [4.78, 5) is 11.4. The van der Waals surface area contributed by atoms with E-state index >= 15 is 0 Å².